The van der Waals surface area contributed by atoms with Crippen LogP contribution in [0, 0.1) is 0 Å². The lowest BCUT2D eigenvalue weighted by molar-refractivity contribution is -0.139. The van der Waals surface area contributed by atoms with Gasteiger partial charge in [-0.1, -0.05) is 30.3 Å². The molecule has 0 radical (unpaired) electrons. The third kappa shape index (κ3) is 6.73. The first kappa shape index (κ1) is 21.5. The molecule has 0 saturated carbocycles. The molecular weight excluding hydrogens is 375 g/mol. The van der Waals surface area contributed by atoms with Gasteiger partial charge < -0.3 is 20.1 Å². The number of nitrogens with zero attached hydrogens (tertiary/aromatic N) is 2. The van der Waals surface area contributed by atoms with Gasteiger partial charge in [0.2, 0.25) is 5.88 Å². The van der Waals surface area contributed by atoms with Crippen molar-refractivity contribution in [3.63, 3.8) is 0 Å². The van der Waals surface area contributed by atoms with Crippen LogP contribution in [-0.4, -0.2) is 42.2 Å². The van der Waals surface area contributed by atoms with Gasteiger partial charge in [-0.15, -0.1) is 0 Å². The van der Waals surface area contributed by atoms with Crippen LogP contribution < -0.4 is 15.0 Å². The van der Waals surface area contributed by atoms with E-state index in [9.17, 15) is 13.2 Å². The standard InChI is InChI=1S/C17H18F3N3O.C2H4O2/c18-17(19,20)14-6-7-15(23-10-8-21-9-11-23)22-16(14)24-12-13-4-2-1-3-5-13;1-2(3)4/h1-7,21H,8-12H2;1H3,(H,3,4). The molecule has 0 spiro atoms. The van der Waals surface area contributed by atoms with E-state index in [2.05, 4.69) is 10.3 Å². The van der Waals surface area contributed by atoms with Gasteiger partial charge in [0.25, 0.3) is 5.97 Å². The summed E-state index contributed by atoms with van der Waals surface area (Å²) in [5, 5.41) is 10.6. The number of anilines is 1. The number of piperazine rings is 1. The number of hydrogen-bond donors (Lipinski definition) is 2. The van der Waals surface area contributed by atoms with Gasteiger partial charge in [-0.3, -0.25) is 4.79 Å². The lowest BCUT2D eigenvalue weighted by Gasteiger charge is -2.29. The van der Waals surface area contributed by atoms with Crippen molar-refractivity contribution in [2.75, 3.05) is 31.1 Å². The number of rotatable bonds is 4. The van der Waals surface area contributed by atoms with Crippen LogP contribution in [0.25, 0.3) is 0 Å². The second-order valence-corrected chi connectivity index (χ2v) is 6.05. The minimum Gasteiger partial charge on any atom is -0.481 e. The van der Waals surface area contributed by atoms with E-state index in [1.54, 1.807) is 12.1 Å². The number of alkyl halides is 3. The van der Waals surface area contributed by atoms with E-state index in [-0.39, 0.29) is 12.5 Å². The van der Waals surface area contributed by atoms with E-state index in [4.69, 9.17) is 14.6 Å². The topological polar surface area (TPSA) is 74.7 Å². The number of carboxylic acid groups (broad SMARTS) is 1. The molecule has 2 heterocycles. The average molecular weight is 397 g/mol. The number of hydrogen-bond acceptors (Lipinski definition) is 5. The van der Waals surface area contributed by atoms with Crippen molar-refractivity contribution >= 4 is 11.8 Å². The second kappa shape index (κ2) is 9.93. The first-order valence-electron chi connectivity index (χ1n) is 8.67. The van der Waals surface area contributed by atoms with Crippen LogP contribution in [0.15, 0.2) is 42.5 Å². The Labute approximate surface area is 161 Å². The van der Waals surface area contributed by atoms with Gasteiger partial charge in [0.1, 0.15) is 18.0 Å². The van der Waals surface area contributed by atoms with Gasteiger partial charge in [-0.2, -0.15) is 18.2 Å². The van der Waals surface area contributed by atoms with Gasteiger partial charge in [-0.25, -0.2) is 0 Å². The summed E-state index contributed by atoms with van der Waals surface area (Å²) in [5.41, 5.74) is -0.0580. The number of nitrogens with one attached hydrogen (secondary N) is 1. The van der Waals surface area contributed by atoms with Gasteiger partial charge in [0.05, 0.1) is 0 Å². The first-order valence-corrected chi connectivity index (χ1v) is 8.67. The number of aliphatic carboxylic acids is 1. The molecule has 0 amide bonds. The van der Waals surface area contributed by atoms with E-state index in [1.807, 2.05) is 23.1 Å². The molecule has 3 rings (SSSR count). The molecule has 0 atom stereocenters. The maximum absolute atomic E-state index is 13.2. The molecule has 1 aromatic carbocycles. The Morgan fingerprint density at radius 3 is 2.36 bits per heavy atom. The van der Waals surface area contributed by atoms with Gasteiger partial charge in [0, 0.05) is 33.1 Å². The normalized spacial score (nSPS) is 14.1. The number of halogens is 3. The lowest BCUT2D eigenvalue weighted by Crippen LogP contribution is -2.43. The highest BCUT2D eigenvalue weighted by molar-refractivity contribution is 5.62. The predicted molar refractivity (Wildman–Crippen MR) is 98.4 cm³/mol. The van der Waals surface area contributed by atoms with Crippen LogP contribution in [0.4, 0.5) is 19.0 Å². The highest BCUT2D eigenvalue weighted by atomic mass is 19.4. The molecule has 28 heavy (non-hydrogen) atoms. The second-order valence-electron chi connectivity index (χ2n) is 6.05. The fraction of sp³-hybridized carbons (Fsp3) is 0.368. The summed E-state index contributed by atoms with van der Waals surface area (Å²) in [6.07, 6.45) is -4.50. The van der Waals surface area contributed by atoms with Crippen molar-refractivity contribution in [2.24, 2.45) is 0 Å². The summed E-state index contributed by atoms with van der Waals surface area (Å²) in [5.74, 6) is -0.699. The molecule has 9 heteroatoms. The average Bonchev–Trinajstić information content (AvgIpc) is 2.66. The molecule has 1 fully saturated rings. The molecule has 1 saturated heterocycles. The summed E-state index contributed by atoms with van der Waals surface area (Å²) in [7, 11) is 0. The van der Waals surface area contributed by atoms with Crippen LogP contribution in [0.2, 0.25) is 0 Å². The Kier molecular flexibility index (Phi) is 7.62. The highest BCUT2D eigenvalue weighted by Gasteiger charge is 2.36. The van der Waals surface area contributed by atoms with E-state index in [1.165, 1.54) is 6.07 Å². The maximum Gasteiger partial charge on any atom is 0.421 e. The van der Waals surface area contributed by atoms with E-state index >= 15 is 0 Å². The molecule has 1 aromatic heterocycles. The number of ether oxygens (including phenoxy) is 1. The minimum atomic E-state index is -4.50. The Bertz CT molecular complexity index is 760. The van der Waals surface area contributed by atoms with Crippen molar-refractivity contribution in [3.05, 3.63) is 53.6 Å². The fourth-order valence-corrected chi connectivity index (χ4v) is 2.55. The van der Waals surface area contributed by atoms with Crippen molar-refractivity contribution in [3.8, 4) is 5.88 Å². The first-order chi connectivity index (χ1) is 13.3. The van der Waals surface area contributed by atoms with Gasteiger partial charge in [-0.05, 0) is 17.7 Å². The van der Waals surface area contributed by atoms with E-state index < -0.39 is 17.7 Å². The number of pyridine rings is 1. The monoisotopic (exact) mass is 397 g/mol. The molecule has 0 unspecified atom stereocenters. The Balaban J connectivity index is 0.000000640. The summed E-state index contributed by atoms with van der Waals surface area (Å²) >= 11 is 0. The molecule has 0 bridgehead atoms. The Morgan fingerprint density at radius 2 is 1.79 bits per heavy atom. The molecule has 2 aromatic rings. The minimum absolute atomic E-state index is 0.0436. The third-order valence-electron chi connectivity index (χ3n) is 3.81. The highest BCUT2D eigenvalue weighted by Crippen LogP contribution is 2.36. The molecule has 152 valence electrons. The zero-order valence-electron chi connectivity index (χ0n) is 15.4. The van der Waals surface area contributed by atoms with Crippen molar-refractivity contribution in [1.82, 2.24) is 10.3 Å². The zero-order chi connectivity index (χ0) is 20.6. The van der Waals surface area contributed by atoms with Crippen LogP contribution in [-0.2, 0) is 17.6 Å². The third-order valence-corrected chi connectivity index (χ3v) is 3.81. The number of benzene rings is 1. The summed E-state index contributed by atoms with van der Waals surface area (Å²) in [6, 6.07) is 11.5. The van der Waals surface area contributed by atoms with E-state index in [0.29, 0.717) is 18.9 Å². The molecule has 1 aliphatic rings. The summed E-state index contributed by atoms with van der Waals surface area (Å²) < 4.78 is 45.0. The predicted octanol–water partition coefficient (Wildman–Crippen LogP) is 3.18. The van der Waals surface area contributed by atoms with Crippen LogP contribution in [0.3, 0.4) is 0 Å². The van der Waals surface area contributed by atoms with Gasteiger partial charge >= 0.3 is 6.18 Å². The van der Waals surface area contributed by atoms with Crippen molar-refractivity contribution in [2.45, 2.75) is 19.7 Å². The maximum atomic E-state index is 13.2. The summed E-state index contributed by atoms with van der Waals surface area (Å²) in [4.78, 5) is 15.1. The van der Waals surface area contributed by atoms with Crippen LogP contribution in [0.5, 0.6) is 5.88 Å². The van der Waals surface area contributed by atoms with Crippen LogP contribution >= 0.6 is 0 Å². The Morgan fingerprint density at radius 1 is 1.18 bits per heavy atom. The molecule has 6 nitrogen and oxygen atoms in total. The zero-order valence-corrected chi connectivity index (χ0v) is 15.4. The quantitative estimate of drug-likeness (QED) is 0.826. The molecular formula is C19H22F3N3O3. The number of aromatic nitrogens is 1. The molecule has 2 N–H and O–H groups in total. The van der Waals surface area contributed by atoms with E-state index in [0.717, 1.165) is 31.6 Å². The van der Waals surface area contributed by atoms with Crippen LogP contribution in [0.1, 0.15) is 18.1 Å². The van der Waals surface area contributed by atoms with Crippen molar-refractivity contribution in [1.29, 1.82) is 0 Å². The molecule has 0 aliphatic carbocycles. The van der Waals surface area contributed by atoms with Crippen molar-refractivity contribution < 1.29 is 27.8 Å². The van der Waals surface area contributed by atoms with Gasteiger partial charge in [0.15, 0.2) is 0 Å². The number of carboxylic acids is 1. The molecule has 1 aliphatic heterocycles. The summed E-state index contributed by atoms with van der Waals surface area (Å²) in [6.45, 7) is 4.10. The lowest BCUT2D eigenvalue weighted by atomic mass is 10.2. The largest absolute Gasteiger partial charge is 0.481 e. The SMILES string of the molecule is CC(=O)O.FC(F)(F)c1ccc(N2CCNCC2)nc1OCc1ccccc1. The smallest absolute Gasteiger partial charge is 0.421 e. The number of carbonyl (C=O) groups is 1. The fourth-order valence-electron chi connectivity index (χ4n) is 2.55. The Hall–Kier alpha value is -2.81.